The Kier molecular flexibility index (Phi) is 7.75. The molecule has 1 unspecified atom stereocenters. The van der Waals surface area contributed by atoms with Crippen molar-refractivity contribution in [3.05, 3.63) is 59.0 Å². The maximum absolute atomic E-state index is 14.5. The predicted molar refractivity (Wildman–Crippen MR) is 104 cm³/mol. The van der Waals surface area contributed by atoms with E-state index in [1.54, 1.807) is 0 Å². The highest BCUT2D eigenvalue weighted by molar-refractivity contribution is 8.00. The average Bonchev–Trinajstić information content (AvgIpc) is 2.50. The molecular formula is C19H20ClF4NOS. The van der Waals surface area contributed by atoms with Gasteiger partial charge >= 0.3 is 6.18 Å². The van der Waals surface area contributed by atoms with Crippen molar-refractivity contribution in [2.75, 3.05) is 4.90 Å². The highest BCUT2D eigenvalue weighted by Crippen LogP contribution is 2.38. The van der Waals surface area contributed by atoms with Crippen LogP contribution >= 0.6 is 23.4 Å². The van der Waals surface area contributed by atoms with Crippen molar-refractivity contribution in [1.82, 2.24) is 0 Å². The van der Waals surface area contributed by atoms with E-state index in [0.29, 0.717) is 11.0 Å². The fourth-order valence-corrected chi connectivity index (χ4v) is 3.21. The van der Waals surface area contributed by atoms with Gasteiger partial charge < -0.3 is 0 Å². The number of anilines is 1. The molecule has 0 aliphatic rings. The van der Waals surface area contributed by atoms with Crippen LogP contribution in [-0.4, -0.2) is 17.3 Å². The van der Waals surface area contributed by atoms with Crippen molar-refractivity contribution in [3.63, 3.8) is 0 Å². The van der Waals surface area contributed by atoms with Gasteiger partial charge in [0.25, 0.3) is 0 Å². The fourth-order valence-electron chi connectivity index (χ4n) is 1.99. The van der Waals surface area contributed by atoms with Gasteiger partial charge in [0.15, 0.2) is 0 Å². The fraction of sp³-hybridized carbons (Fsp3) is 0.316. The topological polar surface area (TPSA) is 20.3 Å². The Morgan fingerprint density at radius 1 is 1.26 bits per heavy atom. The van der Waals surface area contributed by atoms with Crippen LogP contribution in [-0.2, 0) is 4.79 Å². The molecule has 0 saturated heterocycles. The first-order valence-corrected chi connectivity index (χ1v) is 9.07. The number of allylic oxidation sites excluding steroid dienone is 2. The number of halogens is 5. The Morgan fingerprint density at radius 3 is 2.26 bits per heavy atom. The molecule has 0 bridgehead atoms. The second-order valence-electron chi connectivity index (χ2n) is 6.01. The van der Waals surface area contributed by atoms with Crippen LogP contribution in [0.4, 0.5) is 23.2 Å². The zero-order chi connectivity index (χ0) is 21.1. The zero-order valence-corrected chi connectivity index (χ0v) is 16.9. The molecule has 8 heteroatoms. The average molecular weight is 422 g/mol. The molecule has 0 radical (unpaired) electrons. The zero-order valence-electron chi connectivity index (χ0n) is 15.4. The van der Waals surface area contributed by atoms with Crippen molar-refractivity contribution in [1.29, 1.82) is 0 Å². The van der Waals surface area contributed by atoms with E-state index in [2.05, 4.69) is 13.2 Å². The minimum absolute atomic E-state index is 0.0397. The molecule has 1 aromatic carbocycles. The molecule has 0 fully saturated rings. The minimum Gasteiger partial charge on any atom is -0.279 e. The number of rotatable bonds is 6. The highest BCUT2D eigenvalue weighted by atomic mass is 35.5. The highest BCUT2D eigenvalue weighted by Gasteiger charge is 2.31. The predicted octanol–water partition coefficient (Wildman–Crippen LogP) is 6.91. The number of carbonyl (C=O) groups excluding carboxylic acids is 1. The van der Waals surface area contributed by atoms with E-state index in [9.17, 15) is 22.4 Å². The summed E-state index contributed by atoms with van der Waals surface area (Å²) in [4.78, 5) is 13.3. The first-order chi connectivity index (χ1) is 12.3. The number of nitrogens with zero attached hydrogens (tertiary/aromatic N) is 1. The lowest BCUT2D eigenvalue weighted by molar-refractivity contribution is -0.116. The number of thioether (sulfide) groups is 1. The molecule has 0 heterocycles. The van der Waals surface area contributed by atoms with E-state index >= 15 is 0 Å². The van der Waals surface area contributed by atoms with E-state index < -0.39 is 23.5 Å². The molecule has 27 heavy (non-hydrogen) atoms. The molecule has 0 aliphatic carbocycles. The van der Waals surface area contributed by atoms with E-state index in [1.165, 1.54) is 17.8 Å². The van der Waals surface area contributed by atoms with Crippen LogP contribution in [0.2, 0.25) is 5.02 Å². The van der Waals surface area contributed by atoms with Gasteiger partial charge in [0, 0.05) is 28.3 Å². The molecule has 1 rings (SSSR count). The van der Waals surface area contributed by atoms with Crippen LogP contribution in [0, 0.1) is 5.82 Å². The van der Waals surface area contributed by atoms with Crippen molar-refractivity contribution in [2.24, 2.45) is 0 Å². The summed E-state index contributed by atoms with van der Waals surface area (Å²) < 4.78 is 52.8. The first-order valence-electron chi connectivity index (χ1n) is 7.81. The quantitative estimate of drug-likeness (QED) is 0.215. The Labute approximate surface area is 165 Å². The Morgan fingerprint density at radius 2 is 1.81 bits per heavy atom. The van der Waals surface area contributed by atoms with Gasteiger partial charge in [-0.15, -0.1) is 11.8 Å². The monoisotopic (exact) mass is 421 g/mol. The van der Waals surface area contributed by atoms with E-state index in [0.717, 1.165) is 30.4 Å². The summed E-state index contributed by atoms with van der Waals surface area (Å²) in [5.74, 6) is -1.53. The van der Waals surface area contributed by atoms with Gasteiger partial charge in [-0.3, -0.25) is 9.69 Å². The SMILES string of the molecule is C=C(C)C(C)Sc1cc(N(C(=C)/C=C(\C)C(F)(F)F)C(C)=O)c(F)cc1Cl. The summed E-state index contributed by atoms with van der Waals surface area (Å²) in [5, 5.41) is 0.0904. The smallest absolute Gasteiger partial charge is 0.279 e. The Balaban J connectivity index is 3.42. The van der Waals surface area contributed by atoms with Crippen LogP contribution in [0.25, 0.3) is 0 Å². The number of benzene rings is 1. The summed E-state index contributed by atoms with van der Waals surface area (Å²) >= 11 is 7.38. The number of carbonyl (C=O) groups is 1. The lowest BCUT2D eigenvalue weighted by Crippen LogP contribution is -2.28. The lowest BCUT2D eigenvalue weighted by atomic mass is 10.2. The standard InChI is InChI=1S/C19H20ClF4NOS/c1-10(2)13(5)27-18-9-17(16(21)8-15(18)20)25(14(6)26)12(4)7-11(3)19(22,23)24/h7-9,13H,1,4H2,2-3,5-6H3/b11-7+. The third kappa shape index (κ3) is 6.14. The normalized spacial score (nSPS) is 13.3. The molecule has 0 N–H and O–H groups in total. The molecule has 0 spiro atoms. The van der Waals surface area contributed by atoms with Crippen LogP contribution in [0.1, 0.15) is 27.7 Å². The van der Waals surface area contributed by atoms with Gasteiger partial charge in [0.2, 0.25) is 5.91 Å². The molecule has 1 amide bonds. The summed E-state index contributed by atoms with van der Waals surface area (Å²) in [6.07, 6.45) is -3.89. The Hall–Kier alpha value is -1.73. The first kappa shape index (κ1) is 23.3. The van der Waals surface area contributed by atoms with E-state index in [-0.39, 0.29) is 21.7 Å². The second kappa shape index (κ2) is 8.97. The molecule has 0 aliphatic heterocycles. The third-order valence-corrected chi connectivity index (χ3v) is 5.44. The van der Waals surface area contributed by atoms with Gasteiger partial charge in [-0.2, -0.15) is 13.2 Å². The second-order valence-corrected chi connectivity index (χ2v) is 7.80. The van der Waals surface area contributed by atoms with Crippen LogP contribution < -0.4 is 4.90 Å². The molecule has 2 nitrogen and oxygen atoms in total. The number of hydrogen-bond donors (Lipinski definition) is 0. The molecular weight excluding hydrogens is 402 g/mol. The van der Waals surface area contributed by atoms with Gasteiger partial charge in [-0.05, 0) is 39.0 Å². The Bertz CT molecular complexity index is 802. The maximum atomic E-state index is 14.5. The number of amides is 1. The van der Waals surface area contributed by atoms with Gasteiger partial charge in [0.05, 0.1) is 10.7 Å². The van der Waals surface area contributed by atoms with Crippen LogP contribution in [0.15, 0.2) is 53.1 Å². The van der Waals surface area contributed by atoms with Crippen LogP contribution in [0.3, 0.4) is 0 Å². The van der Waals surface area contributed by atoms with Crippen LogP contribution in [0.5, 0.6) is 0 Å². The maximum Gasteiger partial charge on any atom is 0.412 e. The minimum atomic E-state index is -4.58. The molecule has 0 saturated carbocycles. The summed E-state index contributed by atoms with van der Waals surface area (Å²) in [6, 6.07) is 2.35. The van der Waals surface area contributed by atoms with E-state index in [1.807, 2.05) is 13.8 Å². The molecule has 1 atom stereocenters. The summed E-state index contributed by atoms with van der Waals surface area (Å²) in [7, 11) is 0. The number of hydrogen-bond acceptors (Lipinski definition) is 2. The van der Waals surface area contributed by atoms with Crippen molar-refractivity contribution < 1.29 is 22.4 Å². The van der Waals surface area contributed by atoms with Crippen molar-refractivity contribution >= 4 is 35.0 Å². The largest absolute Gasteiger partial charge is 0.412 e. The van der Waals surface area contributed by atoms with Crippen molar-refractivity contribution in [2.45, 2.75) is 44.0 Å². The lowest BCUT2D eigenvalue weighted by Gasteiger charge is -2.24. The van der Waals surface area contributed by atoms with Crippen molar-refractivity contribution in [3.8, 4) is 0 Å². The summed E-state index contributed by atoms with van der Waals surface area (Å²) in [6.45, 7) is 13.0. The molecule has 0 aromatic heterocycles. The van der Waals surface area contributed by atoms with Gasteiger partial charge in [0.1, 0.15) is 5.82 Å². The van der Waals surface area contributed by atoms with Gasteiger partial charge in [-0.25, -0.2) is 4.39 Å². The van der Waals surface area contributed by atoms with E-state index in [4.69, 9.17) is 11.6 Å². The summed E-state index contributed by atoms with van der Waals surface area (Å²) in [5.41, 5.74) is -0.626. The van der Waals surface area contributed by atoms with Gasteiger partial charge in [-0.1, -0.05) is 30.3 Å². The molecule has 1 aromatic rings. The number of alkyl halides is 3. The third-order valence-electron chi connectivity index (χ3n) is 3.67. The molecule has 148 valence electrons.